The molecule has 0 radical (unpaired) electrons. The molecule has 0 saturated heterocycles. The molecule has 192 valence electrons. The molecule has 1 unspecified atom stereocenters. The second kappa shape index (κ2) is 10.3. The summed E-state index contributed by atoms with van der Waals surface area (Å²) in [5.74, 6) is -0.710. The molecule has 0 aliphatic heterocycles. The van der Waals surface area contributed by atoms with Gasteiger partial charge in [-0.25, -0.2) is 9.97 Å². The molecule has 1 atom stereocenters. The van der Waals surface area contributed by atoms with Gasteiger partial charge >= 0.3 is 12.2 Å². The van der Waals surface area contributed by atoms with Crippen molar-refractivity contribution >= 4 is 22.6 Å². The Kier molecular flexibility index (Phi) is 7.18. The van der Waals surface area contributed by atoms with Crippen molar-refractivity contribution in [3.63, 3.8) is 0 Å². The lowest BCUT2D eigenvalue weighted by molar-refractivity contribution is -0.137. The summed E-state index contributed by atoms with van der Waals surface area (Å²) < 4.78 is 46.0. The highest BCUT2D eigenvalue weighted by atomic mass is 19.4. The van der Waals surface area contributed by atoms with Gasteiger partial charge in [0.2, 0.25) is 0 Å². The fourth-order valence-electron chi connectivity index (χ4n) is 3.46. The number of hydrogen-bond acceptors (Lipinski definition) is 8. The van der Waals surface area contributed by atoms with Crippen LogP contribution < -0.4 is 15.6 Å². The molecule has 37 heavy (non-hydrogen) atoms. The zero-order valence-corrected chi connectivity index (χ0v) is 19.2. The zero-order chi connectivity index (χ0) is 26.7. The van der Waals surface area contributed by atoms with Crippen LogP contribution in [0.25, 0.3) is 22.3 Å². The molecule has 10 nitrogen and oxygen atoms in total. The van der Waals surface area contributed by atoms with Gasteiger partial charge in [-0.3, -0.25) is 14.2 Å². The van der Waals surface area contributed by atoms with Gasteiger partial charge in [0.1, 0.15) is 24.4 Å². The molecule has 0 spiro atoms. The molecule has 4 rings (SSSR count). The molecule has 3 N–H and O–H groups in total. The van der Waals surface area contributed by atoms with Crippen molar-refractivity contribution in [2.45, 2.75) is 12.3 Å². The van der Waals surface area contributed by atoms with Crippen LogP contribution in [-0.4, -0.2) is 55.0 Å². The van der Waals surface area contributed by atoms with Crippen molar-refractivity contribution in [3.8, 4) is 17.4 Å². The summed E-state index contributed by atoms with van der Waals surface area (Å²) in [6.07, 6.45) is -4.43. The topological polar surface area (TPSA) is 139 Å². The van der Waals surface area contributed by atoms with Gasteiger partial charge in [-0.15, -0.1) is 0 Å². The number of hydrogen-bond donors (Lipinski definition) is 3. The second-order valence-electron chi connectivity index (χ2n) is 7.91. The van der Waals surface area contributed by atoms with Crippen LogP contribution in [0.2, 0.25) is 0 Å². The molecule has 0 aliphatic rings. The second-order valence-corrected chi connectivity index (χ2v) is 7.91. The van der Waals surface area contributed by atoms with Gasteiger partial charge in [0.15, 0.2) is 0 Å². The number of nitrogens with one attached hydrogen (secondary N) is 1. The average Bonchev–Trinajstić information content (AvgIpc) is 2.88. The molecule has 0 aliphatic carbocycles. The SMILES string of the molecule is Cn1c(-c2cccc(C(F)(F)F)c2)nc2c(C(=O)Nc3ccnc(OCC(O)CO)n3)cccc2c1=O. The van der Waals surface area contributed by atoms with E-state index in [1.165, 1.54) is 49.6 Å². The number of aliphatic hydroxyl groups excluding tert-OH is 2. The number of aliphatic hydroxyl groups is 2. The van der Waals surface area contributed by atoms with E-state index < -0.39 is 35.9 Å². The quantitative estimate of drug-likeness (QED) is 0.341. The summed E-state index contributed by atoms with van der Waals surface area (Å²) >= 11 is 0. The van der Waals surface area contributed by atoms with E-state index in [-0.39, 0.29) is 46.3 Å². The van der Waals surface area contributed by atoms with Gasteiger partial charge in [0.25, 0.3) is 11.5 Å². The number of anilines is 1. The predicted octanol–water partition coefficient (Wildman–Crippen LogP) is 2.39. The maximum absolute atomic E-state index is 13.2. The van der Waals surface area contributed by atoms with Crippen LogP contribution in [0.15, 0.2) is 59.5 Å². The number of aromatic nitrogens is 4. The van der Waals surface area contributed by atoms with Crippen molar-refractivity contribution in [2.75, 3.05) is 18.5 Å². The number of ether oxygens (including phenoxy) is 1. The van der Waals surface area contributed by atoms with Crippen LogP contribution >= 0.6 is 0 Å². The predicted molar refractivity (Wildman–Crippen MR) is 126 cm³/mol. The molecule has 1 amide bonds. The lowest BCUT2D eigenvalue weighted by atomic mass is 10.1. The van der Waals surface area contributed by atoms with Crippen molar-refractivity contribution in [1.29, 1.82) is 0 Å². The first kappa shape index (κ1) is 25.7. The largest absolute Gasteiger partial charge is 0.461 e. The van der Waals surface area contributed by atoms with Crippen LogP contribution in [0.3, 0.4) is 0 Å². The van der Waals surface area contributed by atoms with E-state index in [9.17, 15) is 27.9 Å². The van der Waals surface area contributed by atoms with E-state index in [0.29, 0.717) is 0 Å². The van der Waals surface area contributed by atoms with Crippen LogP contribution in [0.1, 0.15) is 15.9 Å². The number of para-hydroxylation sites is 1. The molecule has 0 bridgehead atoms. The number of nitrogens with zero attached hydrogens (tertiary/aromatic N) is 4. The normalized spacial score (nSPS) is 12.4. The first-order valence-electron chi connectivity index (χ1n) is 10.8. The van der Waals surface area contributed by atoms with Gasteiger partial charge in [-0.2, -0.15) is 18.2 Å². The van der Waals surface area contributed by atoms with Gasteiger partial charge < -0.3 is 20.3 Å². The van der Waals surface area contributed by atoms with Crippen LogP contribution in [0.5, 0.6) is 6.01 Å². The fourth-order valence-corrected chi connectivity index (χ4v) is 3.46. The fraction of sp³-hybridized carbons (Fsp3) is 0.208. The van der Waals surface area contributed by atoms with Gasteiger partial charge in [-0.05, 0) is 30.3 Å². The minimum absolute atomic E-state index is 0.00731. The van der Waals surface area contributed by atoms with Gasteiger partial charge in [-0.1, -0.05) is 18.2 Å². The first-order valence-corrected chi connectivity index (χ1v) is 10.8. The summed E-state index contributed by atoms with van der Waals surface area (Å²) in [7, 11) is 1.38. The number of alkyl halides is 3. The Labute approximate surface area is 207 Å². The van der Waals surface area contributed by atoms with Gasteiger partial charge in [0.05, 0.1) is 28.6 Å². The third kappa shape index (κ3) is 5.57. The lowest BCUT2D eigenvalue weighted by Crippen LogP contribution is -2.23. The molecule has 0 saturated carbocycles. The molecule has 4 aromatic rings. The number of carbonyl (C=O) groups excluding carboxylic acids is 1. The Balaban J connectivity index is 1.72. The van der Waals surface area contributed by atoms with Gasteiger partial charge in [0, 0.05) is 18.8 Å². The third-order valence-corrected chi connectivity index (χ3v) is 5.29. The number of amides is 1. The highest BCUT2D eigenvalue weighted by Crippen LogP contribution is 2.32. The molecular weight excluding hydrogens is 495 g/mol. The molecule has 2 aromatic carbocycles. The maximum atomic E-state index is 13.2. The highest BCUT2D eigenvalue weighted by molar-refractivity contribution is 6.11. The summed E-state index contributed by atoms with van der Waals surface area (Å²) in [5.41, 5.74) is -1.42. The number of halogens is 3. The van der Waals surface area contributed by atoms with Crippen LogP contribution in [0.4, 0.5) is 19.0 Å². The summed E-state index contributed by atoms with van der Waals surface area (Å²) in [5, 5.41) is 20.9. The molecule has 13 heteroatoms. The Morgan fingerprint density at radius 1 is 1.16 bits per heavy atom. The summed E-state index contributed by atoms with van der Waals surface area (Å²) in [4.78, 5) is 38.4. The van der Waals surface area contributed by atoms with E-state index >= 15 is 0 Å². The number of benzene rings is 2. The van der Waals surface area contributed by atoms with E-state index in [1.54, 1.807) is 0 Å². The Morgan fingerprint density at radius 3 is 2.65 bits per heavy atom. The Bertz CT molecular complexity index is 1520. The zero-order valence-electron chi connectivity index (χ0n) is 19.2. The van der Waals surface area contributed by atoms with Crippen LogP contribution in [-0.2, 0) is 13.2 Å². The van der Waals surface area contributed by atoms with E-state index in [4.69, 9.17) is 9.84 Å². The monoisotopic (exact) mass is 515 g/mol. The third-order valence-electron chi connectivity index (χ3n) is 5.29. The maximum Gasteiger partial charge on any atom is 0.416 e. The van der Waals surface area contributed by atoms with Crippen molar-refractivity contribution in [3.05, 3.63) is 76.2 Å². The van der Waals surface area contributed by atoms with Crippen LogP contribution in [0, 0.1) is 0 Å². The Morgan fingerprint density at radius 2 is 1.92 bits per heavy atom. The average molecular weight is 515 g/mol. The molecule has 2 heterocycles. The van der Waals surface area contributed by atoms with Crippen molar-refractivity contribution < 1.29 is 32.9 Å². The van der Waals surface area contributed by atoms with E-state index in [2.05, 4.69) is 20.3 Å². The van der Waals surface area contributed by atoms with E-state index in [0.717, 1.165) is 16.7 Å². The number of carbonyl (C=O) groups is 1. The number of rotatable bonds is 7. The lowest BCUT2D eigenvalue weighted by Gasteiger charge is -2.13. The standard InChI is InChI=1S/C24H20F3N5O5/c1-32-20(13-4-2-5-14(10-13)24(25,26)27)31-19-16(6-3-7-17(19)22(32)36)21(35)29-18-8-9-28-23(30-18)37-12-15(34)11-33/h2-10,15,33-34H,11-12H2,1H3,(H,28,29,30,35). The summed E-state index contributed by atoms with van der Waals surface area (Å²) in [6, 6.07) is 9.95. The molecular formula is C24H20F3N5O5. The Hall–Kier alpha value is -4.36. The van der Waals surface area contributed by atoms with Crippen molar-refractivity contribution in [1.82, 2.24) is 19.5 Å². The minimum Gasteiger partial charge on any atom is -0.461 e. The first-order chi connectivity index (χ1) is 17.6. The molecule has 2 aromatic heterocycles. The molecule has 0 fully saturated rings. The van der Waals surface area contributed by atoms with E-state index in [1.807, 2.05) is 0 Å². The van der Waals surface area contributed by atoms with Crippen molar-refractivity contribution in [2.24, 2.45) is 7.05 Å². The number of fused-ring (bicyclic) bond motifs is 1. The summed E-state index contributed by atoms with van der Waals surface area (Å²) in [6.45, 7) is -0.796. The minimum atomic E-state index is -4.59. The smallest absolute Gasteiger partial charge is 0.416 e. The highest BCUT2D eigenvalue weighted by Gasteiger charge is 2.31.